The minimum atomic E-state index is -0.327. The topological polar surface area (TPSA) is 94.1 Å². The maximum atomic E-state index is 13.5. The van der Waals surface area contributed by atoms with E-state index < -0.39 is 0 Å². The van der Waals surface area contributed by atoms with Gasteiger partial charge >= 0.3 is 0 Å². The smallest absolute Gasteiger partial charge is 0.259 e. The Bertz CT molecular complexity index is 1620. The molecule has 0 fully saturated rings. The van der Waals surface area contributed by atoms with E-state index >= 15 is 0 Å². The average molecular weight is 452 g/mol. The molecule has 0 aliphatic rings. The molecule has 1 amide bonds. The molecule has 0 atom stereocenters. The number of aryl methyl sites for hydroxylation is 1. The van der Waals surface area contributed by atoms with E-state index in [1.807, 2.05) is 55.5 Å². The van der Waals surface area contributed by atoms with Crippen LogP contribution in [0.2, 0.25) is 0 Å². The highest BCUT2D eigenvalue weighted by molar-refractivity contribution is 7.22. The Morgan fingerprint density at radius 2 is 1.88 bits per heavy atom. The van der Waals surface area contributed by atoms with Gasteiger partial charge < -0.3 is 8.94 Å². The summed E-state index contributed by atoms with van der Waals surface area (Å²) in [7, 11) is 0. The lowest BCUT2D eigenvalue weighted by atomic mass is 10.0. The van der Waals surface area contributed by atoms with Gasteiger partial charge in [-0.05, 0) is 36.8 Å². The van der Waals surface area contributed by atoms with Crippen molar-refractivity contribution in [3.63, 3.8) is 0 Å². The van der Waals surface area contributed by atoms with E-state index in [2.05, 4.69) is 20.4 Å². The van der Waals surface area contributed by atoms with Gasteiger partial charge in [0.1, 0.15) is 11.4 Å². The number of aromatic nitrogens is 3. The third-order valence-corrected chi connectivity index (χ3v) is 6.29. The van der Waals surface area contributed by atoms with E-state index in [4.69, 9.17) is 8.94 Å². The number of nitrogens with zero attached hydrogens (tertiary/aromatic N) is 3. The molecule has 0 spiro atoms. The molecule has 1 N–H and O–H groups in total. The van der Waals surface area contributed by atoms with Crippen LogP contribution in [0.4, 0.5) is 5.13 Å². The van der Waals surface area contributed by atoms with Crippen LogP contribution in [-0.4, -0.2) is 21.0 Å². The van der Waals surface area contributed by atoms with E-state index in [0.717, 1.165) is 21.3 Å². The van der Waals surface area contributed by atoms with Crippen molar-refractivity contribution in [3.05, 3.63) is 84.1 Å². The molecule has 4 aromatic heterocycles. The first kappa shape index (κ1) is 19.4. The highest BCUT2D eigenvalue weighted by atomic mass is 32.1. The van der Waals surface area contributed by atoms with Gasteiger partial charge in [-0.1, -0.05) is 59.0 Å². The van der Waals surface area contributed by atoms with Crippen molar-refractivity contribution < 1.29 is 13.7 Å². The number of rotatable bonds is 4. The second-order valence-corrected chi connectivity index (χ2v) is 8.54. The van der Waals surface area contributed by atoms with Crippen LogP contribution in [0, 0.1) is 6.92 Å². The minimum Gasteiger partial charge on any atom is -0.463 e. The summed E-state index contributed by atoms with van der Waals surface area (Å²) in [5.41, 5.74) is 4.43. The highest BCUT2D eigenvalue weighted by Gasteiger charge is 2.23. The molecule has 160 valence electrons. The fourth-order valence-corrected chi connectivity index (χ4v) is 4.72. The second-order valence-electron chi connectivity index (χ2n) is 7.50. The predicted octanol–water partition coefficient (Wildman–Crippen LogP) is 6.32. The molecule has 8 heteroatoms. The summed E-state index contributed by atoms with van der Waals surface area (Å²) >= 11 is 1.43. The number of fused-ring (bicyclic) bond motifs is 2. The lowest BCUT2D eigenvalue weighted by molar-refractivity contribution is 0.102. The molecule has 0 aliphatic heterocycles. The van der Waals surface area contributed by atoms with E-state index in [1.165, 1.54) is 11.3 Å². The van der Waals surface area contributed by atoms with Crippen LogP contribution >= 0.6 is 11.3 Å². The molecule has 6 rings (SSSR count). The monoisotopic (exact) mass is 452 g/mol. The van der Waals surface area contributed by atoms with Crippen LogP contribution < -0.4 is 5.32 Å². The van der Waals surface area contributed by atoms with Crippen LogP contribution in [0.25, 0.3) is 44.0 Å². The van der Waals surface area contributed by atoms with E-state index in [1.54, 1.807) is 24.5 Å². The number of para-hydroxylation sites is 1. The first-order valence-electron chi connectivity index (χ1n) is 10.2. The number of pyridine rings is 1. The van der Waals surface area contributed by atoms with E-state index in [-0.39, 0.29) is 11.6 Å². The van der Waals surface area contributed by atoms with Crippen molar-refractivity contribution in [2.24, 2.45) is 0 Å². The summed E-state index contributed by atoms with van der Waals surface area (Å²) < 4.78 is 12.1. The Morgan fingerprint density at radius 3 is 2.67 bits per heavy atom. The maximum Gasteiger partial charge on any atom is 0.259 e. The molecule has 0 saturated heterocycles. The van der Waals surface area contributed by atoms with Gasteiger partial charge in [0.25, 0.3) is 11.6 Å². The summed E-state index contributed by atoms with van der Waals surface area (Å²) in [5, 5.41) is 8.23. The Hall–Kier alpha value is -4.30. The zero-order chi connectivity index (χ0) is 22.4. The molecular formula is C25H16N4O3S. The second kappa shape index (κ2) is 7.68. The number of carbonyl (C=O) groups excluding carboxylic acids is 1. The Balaban J connectivity index is 1.50. The van der Waals surface area contributed by atoms with Crippen LogP contribution in [0.5, 0.6) is 0 Å². The molecular weight excluding hydrogens is 436 g/mol. The van der Waals surface area contributed by atoms with Crippen LogP contribution in [0.3, 0.4) is 0 Å². The molecule has 0 bridgehead atoms. The molecule has 2 aromatic carbocycles. The first-order chi connectivity index (χ1) is 16.2. The number of nitrogens with one attached hydrogen (secondary N) is 1. The van der Waals surface area contributed by atoms with Crippen LogP contribution in [0.1, 0.15) is 15.9 Å². The average Bonchev–Trinajstić information content (AvgIpc) is 3.58. The van der Waals surface area contributed by atoms with E-state index in [0.29, 0.717) is 33.2 Å². The number of amides is 1. The summed E-state index contributed by atoms with van der Waals surface area (Å²) in [6.45, 7) is 2.00. The fourth-order valence-electron chi connectivity index (χ4n) is 3.78. The molecule has 0 radical (unpaired) electrons. The van der Waals surface area contributed by atoms with E-state index in [9.17, 15) is 4.79 Å². The number of anilines is 1. The molecule has 0 unspecified atom stereocenters. The fraction of sp³-hybridized carbons (Fsp3) is 0.0400. The third-order valence-electron chi connectivity index (χ3n) is 5.35. The normalized spacial score (nSPS) is 11.3. The van der Waals surface area contributed by atoms with Crippen molar-refractivity contribution in [2.45, 2.75) is 6.92 Å². The number of hydrogen-bond acceptors (Lipinski definition) is 7. The van der Waals surface area contributed by atoms with Crippen molar-refractivity contribution >= 4 is 43.7 Å². The molecule has 0 aliphatic carbocycles. The van der Waals surface area contributed by atoms with Gasteiger partial charge in [-0.3, -0.25) is 10.1 Å². The van der Waals surface area contributed by atoms with Gasteiger partial charge in [0.2, 0.25) is 0 Å². The molecule has 0 saturated carbocycles. The zero-order valence-electron chi connectivity index (χ0n) is 17.4. The SMILES string of the molecule is Cc1cccc2sc(NC(=O)c3cc(-c4ccco4)nc4onc(-c5ccccc5)c34)nc12. The Kier molecular flexibility index (Phi) is 4.51. The summed E-state index contributed by atoms with van der Waals surface area (Å²) in [4.78, 5) is 22.7. The van der Waals surface area contributed by atoms with Crippen molar-refractivity contribution in [3.8, 4) is 22.7 Å². The number of thiazole rings is 1. The highest BCUT2D eigenvalue weighted by Crippen LogP contribution is 2.34. The van der Waals surface area contributed by atoms with Gasteiger partial charge in [0, 0.05) is 5.56 Å². The number of benzene rings is 2. The van der Waals surface area contributed by atoms with Crippen LogP contribution in [-0.2, 0) is 0 Å². The molecule has 33 heavy (non-hydrogen) atoms. The van der Waals surface area contributed by atoms with Crippen molar-refractivity contribution in [1.82, 2.24) is 15.1 Å². The van der Waals surface area contributed by atoms with Gasteiger partial charge in [-0.25, -0.2) is 9.97 Å². The lowest BCUT2D eigenvalue weighted by Crippen LogP contribution is -2.13. The Morgan fingerprint density at radius 1 is 1.00 bits per heavy atom. The van der Waals surface area contributed by atoms with Gasteiger partial charge in [0.05, 0.1) is 27.4 Å². The van der Waals surface area contributed by atoms with Crippen LogP contribution in [0.15, 0.2) is 81.9 Å². The number of hydrogen-bond donors (Lipinski definition) is 1. The maximum absolute atomic E-state index is 13.5. The standard InChI is InChI=1S/C25H16N4O3S/c1-14-7-5-11-19-21(14)27-25(33-19)28-23(30)16-13-17(18-10-6-12-31-18)26-24-20(16)22(29-32-24)15-8-3-2-4-9-15/h2-13H,1H3,(H,27,28,30). The first-order valence-corrected chi connectivity index (χ1v) is 11.1. The zero-order valence-corrected chi connectivity index (χ0v) is 18.2. The summed E-state index contributed by atoms with van der Waals surface area (Å²) in [6, 6.07) is 20.8. The quantitative estimate of drug-likeness (QED) is 0.336. The van der Waals surface area contributed by atoms with Gasteiger partial charge in [-0.2, -0.15) is 0 Å². The number of furan rings is 1. The number of carbonyl (C=O) groups is 1. The molecule has 6 aromatic rings. The van der Waals surface area contributed by atoms with Gasteiger partial charge in [-0.15, -0.1) is 0 Å². The minimum absolute atomic E-state index is 0.257. The predicted molar refractivity (Wildman–Crippen MR) is 127 cm³/mol. The lowest BCUT2D eigenvalue weighted by Gasteiger charge is -2.06. The van der Waals surface area contributed by atoms with Gasteiger partial charge in [0.15, 0.2) is 10.9 Å². The summed E-state index contributed by atoms with van der Waals surface area (Å²) in [6.07, 6.45) is 1.56. The summed E-state index contributed by atoms with van der Waals surface area (Å²) in [5.74, 6) is 0.200. The Labute approximate surface area is 191 Å². The molecule has 4 heterocycles. The van der Waals surface area contributed by atoms with Crippen molar-refractivity contribution in [2.75, 3.05) is 5.32 Å². The van der Waals surface area contributed by atoms with Crippen molar-refractivity contribution in [1.29, 1.82) is 0 Å². The largest absolute Gasteiger partial charge is 0.463 e. The molecule has 7 nitrogen and oxygen atoms in total. The third kappa shape index (κ3) is 3.37.